The van der Waals surface area contributed by atoms with Gasteiger partial charge in [-0.05, 0) is 49.2 Å². The normalized spacial score (nSPS) is 16.1. The Morgan fingerprint density at radius 1 is 0.963 bits per heavy atom. The largest absolute Gasteiger partial charge is 0.453 e. The summed E-state index contributed by atoms with van der Waals surface area (Å²) < 4.78 is 52.7. The Balaban J connectivity index is 1.45. The second-order valence-corrected chi connectivity index (χ2v) is 6.40. The molecule has 3 heterocycles. The number of fused-ring (bicyclic) bond motifs is 1. The molecule has 0 spiro atoms. The van der Waals surface area contributed by atoms with Crippen LogP contribution in [0, 0.1) is 5.82 Å². The first-order chi connectivity index (χ1) is 12.9. The lowest BCUT2D eigenvalue weighted by molar-refractivity contribution is -0.146. The minimum absolute atomic E-state index is 0.0546. The Bertz CT molecular complexity index is 929. The van der Waals surface area contributed by atoms with Gasteiger partial charge >= 0.3 is 6.18 Å². The van der Waals surface area contributed by atoms with Crippen molar-refractivity contribution in [1.82, 2.24) is 19.8 Å². The molecule has 3 aromatic rings. The molecule has 1 aliphatic heterocycles. The molecule has 0 radical (unpaired) electrons. The van der Waals surface area contributed by atoms with E-state index in [-0.39, 0.29) is 17.5 Å². The standard InChI is InChI=1S/C17H16F4N6/c18-11-1-3-12(4-2-11)22-13-7-9-26(10-8-13)15-6-5-14-23-24-16(17(19,20)21)27(14)25-15/h1-6,13,22H,7-10H2. The molecule has 1 fully saturated rings. The van der Waals surface area contributed by atoms with Crippen molar-refractivity contribution in [1.29, 1.82) is 0 Å². The second kappa shape index (κ2) is 6.67. The first-order valence-corrected chi connectivity index (χ1v) is 8.47. The minimum atomic E-state index is -4.61. The number of hydrogen-bond acceptors (Lipinski definition) is 5. The number of halogens is 4. The van der Waals surface area contributed by atoms with Crippen LogP contribution in [0.5, 0.6) is 0 Å². The van der Waals surface area contributed by atoms with Crippen LogP contribution < -0.4 is 10.2 Å². The molecule has 0 bridgehead atoms. The van der Waals surface area contributed by atoms with E-state index < -0.39 is 12.0 Å². The van der Waals surface area contributed by atoms with Gasteiger partial charge < -0.3 is 10.2 Å². The van der Waals surface area contributed by atoms with Gasteiger partial charge in [-0.15, -0.1) is 15.3 Å². The molecule has 1 aromatic carbocycles. The molecule has 27 heavy (non-hydrogen) atoms. The van der Waals surface area contributed by atoms with E-state index in [1.54, 1.807) is 18.2 Å². The van der Waals surface area contributed by atoms with Crippen molar-refractivity contribution >= 4 is 17.2 Å². The highest BCUT2D eigenvalue weighted by molar-refractivity contribution is 5.47. The number of nitrogens with zero attached hydrogens (tertiary/aromatic N) is 5. The SMILES string of the molecule is Fc1ccc(NC2CCN(c3ccc4nnc(C(F)(F)F)n4n3)CC2)cc1. The quantitative estimate of drug-likeness (QED) is 0.706. The predicted molar refractivity (Wildman–Crippen MR) is 91.0 cm³/mol. The van der Waals surface area contributed by atoms with E-state index >= 15 is 0 Å². The maximum Gasteiger partial charge on any atom is 0.453 e. The summed E-state index contributed by atoms with van der Waals surface area (Å²) in [6.45, 7) is 1.28. The van der Waals surface area contributed by atoms with Crippen molar-refractivity contribution in [2.24, 2.45) is 0 Å². The molecule has 1 aliphatic rings. The number of rotatable bonds is 3. The molecule has 0 aliphatic carbocycles. The Morgan fingerprint density at radius 3 is 2.33 bits per heavy atom. The molecular formula is C17H16F4N6. The zero-order valence-corrected chi connectivity index (χ0v) is 14.1. The summed E-state index contributed by atoms with van der Waals surface area (Å²) in [6.07, 6.45) is -3.05. The van der Waals surface area contributed by atoms with E-state index in [4.69, 9.17) is 0 Å². The van der Waals surface area contributed by atoms with Crippen molar-refractivity contribution in [3.63, 3.8) is 0 Å². The van der Waals surface area contributed by atoms with Crippen LogP contribution >= 0.6 is 0 Å². The highest BCUT2D eigenvalue weighted by atomic mass is 19.4. The van der Waals surface area contributed by atoms with Crippen LogP contribution in [0.4, 0.5) is 29.1 Å². The summed E-state index contributed by atoms with van der Waals surface area (Å²) in [5.74, 6) is -0.968. The van der Waals surface area contributed by atoms with Gasteiger partial charge in [-0.25, -0.2) is 4.39 Å². The number of anilines is 2. The molecule has 0 unspecified atom stereocenters. The highest BCUT2D eigenvalue weighted by Crippen LogP contribution is 2.28. The summed E-state index contributed by atoms with van der Waals surface area (Å²) >= 11 is 0. The van der Waals surface area contributed by atoms with Crippen molar-refractivity contribution in [2.75, 3.05) is 23.3 Å². The summed E-state index contributed by atoms with van der Waals surface area (Å²) in [6, 6.07) is 9.49. The van der Waals surface area contributed by atoms with Crippen LogP contribution in [-0.2, 0) is 6.18 Å². The van der Waals surface area contributed by atoms with Crippen LogP contribution in [0.15, 0.2) is 36.4 Å². The molecule has 1 N–H and O–H groups in total. The third-order valence-corrected chi connectivity index (χ3v) is 4.54. The van der Waals surface area contributed by atoms with Gasteiger partial charge in [0.1, 0.15) is 11.6 Å². The number of piperidine rings is 1. The van der Waals surface area contributed by atoms with E-state index in [0.717, 1.165) is 23.0 Å². The number of hydrogen-bond donors (Lipinski definition) is 1. The number of benzene rings is 1. The number of alkyl halides is 3. The lowest BCUT2D eigenvalue weighted by Crippen LogP contribution is -2.39. The van der Waals surface area contributed by atoms with Crippen LogP contribution in [0.25, 0.3) is 5.65 Å². The molecule has 1 saturated heterocycles. The Morgan fingerprint density at radius 2 is 1.67 bits per heavy atom. The van der Waals surface area contributed by atoms with Crippen molar-refractivity contribution in [3.05, 3.63) is 48.0 Å². The first kappa shape index (κ1) is 17.5. The predicted octanol–water partition coefficient (Wildman–Crippen LogP) is 3.36. The van der Waals surface area contributed by atoms with Gasteiger partial charge in [0, 0.05) is 24.8 Å². The van der Waals surface area contributed by atoms with Crippen LogP contribution in [0.2, 0.25) is 0 Å². The van der Waals surface area contributed by atoms with E-state index in [2.05, 4.69) is 20.6 Å². The van der Waals surface area contributed by atoms with Crippen molar-refractivity contribution < 1.29 is 17.6 Å². The fraction of sp³-hybridized carbons (Fsp3) is 0.353. The maximum absolute atomic E-state index is 13.0. The molecular weight excluding hydrogens is 364 g/mol. The Hall–Kier alpha value is -2.91. The van der Waals surface area contributed by atoms with Gasteiger partial charge in [0.2, 0.25) is 0 Å². The van der Waals surface area contributed by atoms with Crippen LogP contribution in [0.1, 0.15) is 18.7 Å². The molecule has 0 amide bonds. The minimum Gasteiger partial charge on any atom is -0.382 e. The van der Waals surface area contributed by atoms with Gasteiger partial charge in [0.25, 0.3) is 5.82 Å². The lowest BCUT2D eigenvalue weighted by atomic mass is 10.0. The average Bonchev–Trinajstić information content (AvgIpc) is 3.08. The number of aromatic nitrogens is 4. The molecule has 0 saturated carbocycles. The average molecular weight is 380 g/mol. The van der Waals surface area contributed by atoms with Crippen LogP contribution in [0.3, 0.4) is 0 Å². The fourth-order valence-corrected chi connectivity index (χ4v) is 3.16. The van der Waals surface area contributed by atoms with Gasteiger partial charge in [-0.1, -0.05) is 0 Å². The molecule has 6 nitrogen and oxygen atoms in total. The van der Waals surface area contributed by atoms with E-state index in [1.807, 2.05) is 4.90 Å². The van der Waals surface area contributed by atoms with Gasteiger partial charge in [0.15, 0.2) is 5.65 Å². The zero-order chi connectivity index (χ0) is 19.0. The lowest BCUT2D eigenvalue weighted by Gasteiger charge is -2.33. The monoisotopic (exact) mass is 380 g/mol. The molecule has 4 rings (SSSR count). The second-order valence-electron chi connectivity index (χ2n) is 6.40. The van der Waals surface area contributed by atoms with Gasteiger partial charge in [-0.3, -0.25) is 0 Å². The van der Waals surface area contributed by atoms with E-state index in [1.165, 1.54) is 18.2 Å². The van der Waals surface area contributed by atoms with Gasteiger partial charge in [-0.2, -0.15) is 17.7 Å². The van der Waals surface area contributed by atoms with Gasteiger partial charge in [0.05, 0.1) is 0 Å². The third-order valence-electron chi connectivity index (χ3n) is 4.54. The fourth-order valence-electron chi connectivity index (χ4n) is 3.16. The van der Waals surface area contributed by atoms with Crippen molar-refractivity contribution in [3.8, 4) is 0 Å². The highest BCUT2D eigenvalue weighted by Gasteiger charge is 2.37. The summed E-state index contributed by atoms with van der Waals surface area (Å²) in [5.41, 5.74) is 0.896. The molecule has 10 heteroatoms. The third kappa shape index (κ3) is 3.64. The first-order valence-electron chi connectivity index (χ1n) is 8.47. The molecule has 2 aromatic heterocycles. The van der Waals surface area contributed by atoms with E-state index in [0.29, 0.717) is 18.9 Å². The van der Waals surface area contributed by atoms with E-state index in [9.17, 15) is 17.6 Å². The van der Waals surface area contributed by atoms with Crippen molar-refractivity contribution in [2.45, 2.75) is 25.1 Å². The Labute approximate surface area is 151 Å². The summed E-state index contributed by atoms with van der Waals surface area (Å²) in [4.78, 5) is 1.93. The van der Waals surface area contributed by atoms with Crippen LogP contribution in [-0.4, -0.2) is 38.9 Å². The zero-order valence-electron chi connectivity index (χ0n) is 14.1. The topological polar surface area (TPSA) is 58.3 Å². The maximum atomic E-state index is 13.0. The Kier molecular flexibility index (Phi) is 4.33. The smallest absolute Gasteiger partial charge is 0.382 e. The molecule has 142 valence electrons. The summed E-state index contributed by atoms with van der Waals surface area (Å²) in [7, 11) is 0. The molecule has 0 atom stereocenters. The summed E-state index contributed by atoms with van der Waals surface area (Å²) in [5, 5.41) is 14.1. The number of nitrogens with one attached hydrogen (secondary N) is 1.